The highest BCUT2D eigenvalue weighted by Crippen LogP contribution is 2.16. The molecule has 2 aromatic rings. The monoisotopic (exact) mass is 263 g/mol. The first-order chi connectivity index (χ1) is 8.59. The number of nitrogens with two attached hydrogens (primary N) is 1. The molecule has 1 aromatic heterocycles. The number of hydrogen-bond donors (Lipinski definition) is 2. The molecule has 94 valence electrons. The van der Waals surface area contributed by atoms with Crippen LogP contribution in [-0.4, -0.2) is 13.4 Å². The molecule has 3 N–H and O–H groups in total. The van der Waals surface area contributed by atoms with Crippen molar-refractivity contribution in [2.45, 2.75) is 11.4 Å². The van der Waals surface area contributed by atoms with Gasteiger partial charge in [0, 0.05) is 6.20 Å². The molecule has 0 aliphatic rings. The number of pyridine rings is 1. The van der Waals surface area contributed by atoms with E-state index in [9.17, 15) is 8.42 Å². The highest BCUT2D eigenvalue weighted by atomic mass is 32.2. The summed E-state index contributed by atoms with van der Waals surface area (Å²) < 4.78 is 26.5. The summed E-state index contributed by atoms with van der Waals surface area (Å²) in [5.74, 6) is 0. The van der Waals surface area contributed by atoms with Crippen LogP contribution in [0.3, 0.4) is 0 Å². The van der Waals surface area contributed by atoms with Crippen molar-refractivity contribution in [2.75, 3.05) is 5.73 Å². The first-order valence-corrected chi connectivity index (χ1v) is 6.82. The number of nitrogen functional groups attached to an aromatic ring is 1. The maximum atomic E-state index is 12.0. The molecule has 0 atom stereocenters. The third-order valence-corrected chi connectivity index (χ3v) is 3.85. The number of nitrogens with zero attached hydrogens (tertiary/aromatic N) is 1. The molecule has 0 fully saturated rings. The Bertz CT molecular complexity index is 627. The van der Waals surface area contributed by atoms with E-state index in [-0.39, 0.29) is 17.1 Å². The lowest BCUT2D eigenvalue weighted by molar-refractivity contribution is 0.581. The molecule has 0 spiro atoms. The van der Waals surface area contributed by atoms with Gasteiger partial charge in [-0.2, -0.15) is 0 Å². The minimum absolute atomic E-state index is 0.0842. The molecule has 0 unspecified atom stereocenters. The molecule has 0 amide bonds. The third kappa shape index (κ3) is 2.85. The van der Waals surface area contributed by atoms with Crippen molar-refractivity contribution in [1.29, 1.82) is 0 Å². The van der Waals surface area contributed by atoms with E-state index in [1.54, 1.807) is 42.6 Å². The number of anilines is 1. The molecule has 2 rings (SSSR count). The number of nitrogens with one attached hydrogen (secondary N) is 1. The van der Waals surface area contributed by atoms with Gasteiger partial charge in [0.05, 0.1) is 17.9 Å². The number of aromatic nitrogens is 1. The number of rotatable bonds is 4. The summed E-state index contributed by atoms with van der Waals surface area (Å²) in [5, 5.41) is 0. The average molecular weight is 263 g/mol. The lowest BCUT2D eigenvalue weighted by atomic mass is 10.3. The van der Waals surface area contributed by atoms with Crippen LogP contribution in [-0.2, 0) is 16.6 Å². The van der Waals surface area contributed by atoms with Crippen LogP contribution in [0.5, 0.6) is 0 Å². The van der Waals surface area contributed by atoms with Crippen LogP contribution in [0.25, 0.3) is 0 Å². The maximum Gasteiger partial charge on any atom is 0.242 e. The van der Waals surface area contributed by atoms with Gasteiger partial charge in [0.25, 0.3) is 0 Å². The van der Waals surface area contributed by atoms with Gasteiger partial charge in [0.1, 0.15) is 4.90 Å². The van der Waals surface area contributed by atoms with Gasteiger partial charge in [-0.15, -0.1) is 0 Å². The highest BCUT2D eigenvalue weighted by Gasteiger charge is 2.16. The summed E-state index contributed by atoms with van der Waals surface area (Å²) >= 11 is 0. The number of hydrogen-bond acceptors (Lipinski definition) is 4. The van der Waals surface area contributed by atoms with Gasteiger partial charge in [0.15, 0.2) is 0 Å². The third-order valence-electron chi connectivity index (χ3n) is 2.38. The quantitative estimate of drug-likeness (QED) is 0.810. The molecular weight excluding hydrogens is 250 g/mol. The molecule has 0 saturated heterocycles. The Hall–Kier alpha value is -1.92. The molecule has 1 heterocycles. The summed E-state index contributed by atoms with van der Waals surface area (Å²) in [5.41, 5.74) is 6.52. The molecule has 1 aromatic carbocycles. The van der Waals surface area contributed by atoms with Gasteiger partial charge in [-0.25, -0.2) is 13.1 Å². The van der Waals surface area contributed by atoms with E-state index in [1.807, 2.05) is 0 Å². The molecule has 0 radical (unpaired) electrons. The van der Waals surface area contributed by atoms with Crippen LogP contribution in [0, 0.1) is 0 Å². The molecule has 0 saturated carbocycles. The zero-order chi connectivity index (χ0) is 13.0. The number of sulfonamides is 1. The summed E-state index contributed by atoms with van der Waals surface area (Å²) in [6.07, 6.45) is 1.61. The van der Waals surface area contributed by atoms with Crippen molar-refractivity contribution >= 4 is 15.7 Å². The molecule has 0 aliphatic carbocycles. The predicted molar refractivity (Wildman–Crippen MR) is 69.1 cm³/mol. The number of para-hydroxylation sites is 1. The van der Waals surface area contributed by atoms with Crippen LogP contribution in [0.1, 0.15) is 5.69 Å². The Morgan fingerprint density at radius 3 is 2.50 bits per heavy atom. The van der Waals surface area contributed by atoms with Gasteiger partial charge in [-0.05, 0) is 24.3 Å². The lowest BCUT2D eigenvalue weighted by Crippen LogP contribution is -2.24. The summed E-state index contributed by atoms with van der Waals surface area (Å²) in [4.78, 5) is 4.12. The van der Waals surface area contributed by atoms with E-state index in [0.717, 1.165) is 0 Å². The van der Waals surface area contributed by atoms with Crippen molar-refractivity contribution in [2.24, 2.45) is 0 Å². The topological polar surface area (TPSA) is 85.1 Å². The van der Waals surface area contributed by atoms with Crippen molar-refractivity contribution in [3.8, 4) is 0 Å². The fraction of sp³-hybridized carbons (Fsp3) is 0.0833. The minimum Gasteiger partial charge on any atom is -0.398 e. The zero-order valence-corrected chi connectivity index (χ0v) is 10.4. The molecule has 18 heavy (non-hydrogen) atoms. The van der Waals surface area contributed by atoms with E-state index >= 15 is 0 Å². The van der Waals surface area contributed by atoms with Gasteiger partial charge < -0.3 is 5.73 Å². The van der Waals surface area contributed by atoms with E-state index in [1.165, 1.54) is 6.07 Å². The van der Waals surface area contributed by atoms with Crippen LogP contribution < -0.4 is 10.5 Å². The standard InChI is InChI=1S/C12H13N3O2S/c13-11-6-1-2-7-12(11)18(16,17)15-9-10-5-3-4-8-14-10/h1-8,15H,9,13H2. The second-order valence-corrected chi connectivity index (χ2v) is 5.42. The van der Waals surface area contributed by atoms with Gasteiger partial charge in [0.2, 0.25) is 10.0 Å². The normalized spacial score (nSPS) is 11.3. The second kappa shape index (κ2) is 5.16. The highest BCUT2D eigenvalue weighted by molar-refractivity contribution is 7.89. The van der Waals surface area contributed by atoms with Crippen LogP contribution in [0.4, 0.5) is 5.69 Å². The predicted octanol–water partition coefficient (Wildman–Crippen LogP) is 1.14. The van der Waals surface area contributed by atoms with Gasteiger partial charge in [-0.3, -0.25) is 4.98 Å². The largest absolute Gasteiger partial charge is 0.398 e. The van der Waals surface area contributed by atoms with Crippen LogP contribution in [0.15, 0.2) is 53.6 Å². The van der Waals surface area contributed by atoms with Crippen molar-refractivity contribution in [3.05, 3.63) is 54.4 Å². The molecular formula is C12H13N3O2S. The summed E-state index contributed by atoms with van der Waals surface area (Å²) in [6, 6.07) is 11.7. The smallest absolute Gasteiger partial charge is 0.242 e. The van der Waals surface area contributed by atoms with E-state index in [0.29, 0.717) is 5.69 Å². The second-order valence-electron chi connectivity index (χ2n) is 3.68. The van der Waals surface area contributed by atoms with Crippen molar-refractivity contribution in [3.63, 3.8) is 0 Å². The maximum absolute atomic E-state index is 12.0. The number of benzene rings is 1. The first kappa shape index (κ1) is 12.5. The fourth-order valence-corrected chi connectivity index (χ4v) is 2.60. The minimum atomic E-state index is -3.60. The zero-order valence-electron chi connectivity index (χ0n) is 9.58. The molecule has 0 bridgehead atoms. The van der Waals surface area contributed by atoms with Crippen LogP contribution in [0.2, 0.25) is 0 Å². The van der Waals surface area contributed by atoms with E-state index in [4.69, 9.17) is 5.73 Å². The Kier molecular flexibility index (Phi) is 3.59. The Morgan fingerprint density at radius 1 is 1.11 bits per heavy atom. The fourth-order valence-electron chi connectivity index (χ4n) is 1.47. The molecule has 6 heteroatoms. The SMILES string of the molecule is Nc1ccccc1S(=O)(=O)NCc1ccccn1. The Morgan fingerprint density at radius 2 is 1.83 bits per heavy atom. The molecule has 0 aliphatic heterocycles. The van der Waals surface area contributed by atoms with Crippen molar-refractivity contribution < 1.29 is 8.42 Å². The molecule has 5 nitrogen and oxygen atoms in total. The van der Waals surface area contributed by atoms with Gasteiger partial charge in [-0.1, -0.05) is 18.2 Å². The van der Waals surface area contributed by atoms with Gasteiger partial charge >= 0.3 is 0 Å². The first-order valence-electron chi connectivity index (χ1n) is 5.34. The Labute approximate surface area is 106 Å². The van der Waals surface area contributed by atoms with E-state index in [2.05, 4.69) is 9.71 Å². The van der Waals surface area contributed by atoms with E-state index < -0.39 is 10.0 Å². The summed E-state index contributed by atoms with van der Waals surface area (Å²) in [6.45, 7) is 0.136. The lowest BCUT2D eigenvalue weighted by Gasteiger charge is -2.08. The van der Waals surface area contributed by atoms with Crippen LogP contribution >= 0.6 is 0 Å². The Balaban J connectivity index is 2.16. The van der Waals surface area contributed by atoms with Crippen molar-refractivity contribution in [1.82, 2.24) is 9.71 Å². The average Bonchev–Trinajstić information content (AvgIpc) is 2.38. The summed E-state index contributed by atoms with van der Waals surface area (Å²) in [7, 11) is -3.60.